The summed E-state index contributed by atoms with van der Waals surface area (Å²) in [5.74, 6) is 0. The van der Waals surface area contributed by atoms with E-state index in [-0.39, 0.29) is 0 Å². The minimum Gasteiger partial charge on any atom is -0.344 e. The smallest absolute Gasteiger partial charge is 0.0992 e. The molecule has 142 valence electrons. The fraction of sp³-hybridized carbons (Fsp3) is 0.0741. The van der Waals surface area contributed by atoms with Crippen LogP contribution in [-0.2, 0) is 7.05 Å². The molecule has 0 bridgehead atoms. The van der Waals surface area contributed by atoms with E-state index in [1.54, 1.807) is 0 Å². The summed E-state index contributed by atoms with van der Waals surface area (Å²) in [6.07, 6.45) is 0. The predicted octanol–water partition coefficient (Wildman–Crippen LogP) is 6.61. The highest BCUT2D eigenvalue weighted by Crippen LogP contribution is 2.35. The summed E-state index contributed by atoms with van der Waals surface area (Å²) < 4.78 is 4.54. The summed E-state index contributed by atoms with van der Waals surface area (Å²) in [7, 11) is 2.12. The molecule has 6 rings (SSSR count). The Balaban J connectivity index is 1.77. The molecule has 0 saturated carbocycles. The largest absolute Gasteiger partial charge is 0.344 e. The third-order valence-electron chi connectivity index (χ3n) is 6.21. The van der Waals surface area contributed by atoms with Gasteiger partial charge in [-0.3, -0.25) is 0 Å². The molecule has 3 heteroatoms. The molecular formula is C27H19N3. The molecule has 0 aliphatic heterocycles. The van der Waals surface area contributed by atoms with Crippen LogP contribution in [0.2, 0.25) is 0 Å². The van der Waals surface area contributed by atoms with E-state index in [9.17, 15) is 5.26 Å². The van der Waals surface area contributed by atoms with Gasteiger partial charge in [-0.15, -0.1) is 0 Å². The summed E-state index contributed by atoms with van der Waals surface area (Å²) in [6.45, 7) is 2.12. The van der Waals surface area contributed by atoms with E-state index in [4.69, 9.17) is 0 Å². The van der Waals surface area contributed by atoms with Crippen LogP contribution in [0.4, 0.5) is 0 Å². The molecule has 0 amide bonds. The zero-order valence-corrected chi connectivity index (χ0v) is 16.8. The van der Waals surface area contributed by atoms with E-state index in [0.717, 1.165) is 11.2 Å². The Labute approximate surface area is 174 Å². The van der Waals surface area contributed by atoms with Crippen molar-refractivity contribution in [1.82, 2.24) is 9.13 Å². The molecule has 0 aliphatic rings. The maximum Gasteiger partial charge on any atom is 0.0992 e. The third-order valence-corrected chi connectivity index (χ3v) is 6.21. The van der Waals surface area contributed by atoms with E-state index >= 15 is 0 Å². The Kier molecular flexibility index (Phi) is 3.37. The van der Waals surface area contributed by atoms with Crippen LogP contribution in [0.3, 0.4) is 0 Å². The number of aryl methyl sites for hydroxylation is 2. The second kappa shape index (κ2) is 5.98. The van der Waals surface area contributed by atoms with Gasteiger partial charge in [0, 0.05) is 45.3 Å². The highest BCUT2D eigenvalue weighted by atomic mass is 15.0. The summed E-state index contributed by atoms with van der Waals surface area (Å²) >= 11 is 0. The van der Waals surface area contributed by atoms with Gasteiger partial charge in [0.15, 0.2) is 0 Å². The van der Waals surface area contributed by atoms with Gasteiger partial charge in [-0.25, -0.2) is 0 Å². The van der Waals surface area contributed by atoms with Crippen molar-refractivity contribution in [3.8, 4) is 11.8 Å². The van der Waals surface area contributed by atoms with Crippen molar-refractivity contribution >= 4 is 43.6 Å². The van der Waals surface area contributed by atoms with Gasteiger partial charge in [0.25, 0.3) is 0 Å². The summed E-state index contributed by atoms with van der Waals surface area (Å²) in [6, 6.07) is 30.0. The Morgan fingerprint density at radius 1 is 0.667 bits per heavy atom. The van der Waals surface area contributed by atoms with Crippen molar-refractivity contribution in [3.05, 3.63) is 90.0 Å². The zero-order chi connectivity index (χ0) is 20.4. The highest BCUT2D eigenvalue weighted by Gasteiger charge is 2.15. The first kappa shape index (κ1) is 16.9. The summed E-state index contributed by atoms with van der Waals surface area (Å²) in [4.78, 5) is 0. The predicted molar refractivity (Wildman–Crippen MR) is 124 cm³/mol. The van der Waals surface area contributed by atoms with Crippen LogP contribution in [0.15, 0.2) is 78.9 Å². The lowest BCUT2D eigenvalue weighted by Crippen LogP contribution is -1.95. The van der Waals surface area contributed by atoms with E-state index in [1.807, 2.05) is 12.1 Å². The molecule has 0 N–H and O–H groups in total. The first-order valence-electron chi connectivity index (χ1n) is 10.1. The molecule has 6 aromatic rings. The molecule has 0 atom stereocenters. The van der Waals surface area contributed by atoms with Crippen LogP contribution >= 0.6 is 0 Å². The summed E-state index contributed by atoms with van der Waals surface area (Å²) in [5.41, 5.74) is 7.69. The van der Waals surface area contributed by atoms with Crippen molar-refractivity contribution in [3.63, 3.8) is 0 Å². The number of hydrogen-bond acceptors (Lipinski definition) is 1. The van der Waals surface area contributed by atoms with Crippen LogP contribution in [0.5, 0.6) is 0 Å². The van der Waals surface area contributed by atoms with Crippen molar-refractivity contribution in [1.29, 1.82) is 5.26 Å². The Morgan fingerprint density at radius 3 is 2.20 bits per heavy atom. The fourth-order valence-electron chi connectivity index (χ4n) is 4.77. The van der Waals surface area contributed by atoms with Gasteiger partial charge in [0.05, 0.1) is 22.7 Å². The number of nitriles is 1. The van der Waals surface area contributed by atoms with Gasteiger partial charge in [0.1, 0.15) is 0 Å². The van der Waals surface area contributed by atoms with Crippen LogP contribution in [0, 0.1) is 18.3 Å². The first-order chi connectivity index (χ1) is 14.7. The number of hydrogen-bond donors (Lipinski definition) is 0. The monoisotopic (exact) mass is 385 g/mol. The summed E-state index contributed by atoms with van der Waals surface area (Å²) in [5, 5.41) is 14.3. The maximum atomic E-state index is 9.48. The molecule has 3 nitrogen and oxygen atoms in total. The van der Waals surface area contributed by atoms with E-state index in [1.165, 1.54) is 43.7 Å². The second-order valence-electron chi connectivity index (χ2n) is 7.98. The lowest BCUT2D eigenvalue weighted by molar-refractivity contribution is 1.01. The van der Waals surface area contributed by atoms with Gasteiger partial charge >= 0.3 is 0 Å². The molecule has 0 aliphatic carbocycles. The topological polar surface area (TPSA) is 33.6 Å². The normalized spacial score (nSPS) is 11.6. The van der Waals surface area contributed by atoms with Crippen LogP contribution in [0.1, 0.15) is 11.1 Å². The molecule has 30 heavy (non-hydrogen) atoms. The molecule has 4 aromatic carbocycles. The van der Waals surface area contributed by atoms with E-state index < -0.39 is 0 Å². The molecule has 0 saturated heterocycles. The lowest BCUT2D eigenvalue weighted by Gasteiger charge is -2.09. The fourth-order valence-corrected chi connectivity index (χ4v) is 4.77. The van der Waals surface area contributed by atoms with Crippen LogP contribution in [0.25, 0.3) is 49.3 Å². The average Bonchev–Trinajstić information content (AvgIpc) is 3.25. The molecule has 2 aromatic heterocycles. The van der Waals surface area contributed by atoms with Crippen LogP contribution < -0.4 is 0 Å². The second-order valence-corrected chi connectivity index (χ2v) is 7.98. The molecule has 0 fully saturated rings. The average molecular weight is 385 g/mol. The minimum absolute atomic E-state index is 0.675. The quantitative estimate of drug-likeness (QED) is 0.313. The number of para-hydroxylation sites is 1. The number of rotatable bonds is 1. The number of aromatic nitrogens is 2. The Hall–Kier alpha value is -4.03. The number of fused-ring (bicyclic) bond motifs is 6. The van der Waals surface area contributed by atoms with Crippen molar-refractivity contribution in [2.75, 3.05) is 0 Å². The van der Waals surface area contributed by atoms with Gasteiger partial charge < -0.3 is 9.13 Å². The van der Waals surface area contributed by atoms with Crippen molar-refractivity contribution in [2.45, 2.75) is 6.92 Å². The Bertz CT molecular complexity index is 1670. The molecule has 2 heterocycles. The van der Waals surface area contributed by atoms with E-state index in [2.05, 4.69) is 95.9 Å². The standard InChI is InChI=1S/C27H19N3/c1-17-7-10-21-22-11-8-18(16-28)14-27(22)30(26(21)13-17)19-9-12-25-23(15-19)20-5-3-4-6-24(20)29(25)2/h3-15H,1-2H3. The van der Waals surface area contributed by atoms with Gasteiger partial charge in [0.2, 0.25) is 0 Å². The highest BCUT2D eigenvalue weighted by molar-refractivity contribution is 6.11. The van der Waals surface area contributed by atoms with Gasteiger partial charge in [-0.1, -0.05) is 36.4 Å². The molecule has 0 radical (unpaired) electrons. The maximum absolute atomic E-state index is 9.48. The number of nitrogens with zero attached hydrogens (tertiary/aromatic N) is 3. The Morgan fingerprint density at radius 2 is 1.37 bits per heavy atom. The van der Waals surface area contributed by atoms with Gasteiger partial charge in [-0.2, -0.15) is 5.26 Å². The number of benzene rings is 4. The van der Waals surface area contributed by atoms with Crippen molar-refractivity contribution in [2.24, 2.45) is 7.05 Å². The van der Waals surface area contributed by atoms with Gasteiger partial charge in [-0.05, 0) is 55.0 Å². The minimum atomic E-state index is 0.675. The first-order valence-corrected chi connectivity index (χ1v) is 10.1. The van der Waals surface area contributed by atoms with Crippen molar-refractivity contribution < 1.29 is 0 Å². The molecule has 0 unspecified atom stereocenters. The molecule has 0 spiro atoms. The SMILES string of the molecule is Cc1ccc2c3ccc(C#N)cc3n(-c3ccc4c(c3)c3ccccc3n4C)c2c1. The zero-order valence-electron chi connectivity index (χ0n) is 16.8. The third kappa shape index (κ3) is 2.19. The molecular weight excluding hydrogens is 366 g/mol. The van der Waals surface area contributed by atoms with E-state index in [0.29, 0.717) is 5.56 Å². The van der Waals surface area contributed by atoms with Crippen LogP contribution in [-0.4, -0.2) is 9.13 Å². The lowest BCUT2D eigenvalue weighted by atomic mass is 10.1.